The maximum Gasteiger partial charge on any atom is 0.358 e. The predicted molar refractivity (Wildman–Crippen MR) is 89.6 cm³/mol. The van der Waals surface area contributed by atoms with E-state index >= 15 is 0 Å². The fraction of sp³-hybridized carbons (Fsp3) is 0.118. The van der Waals surface area contributed by atoms with Gasteiger partial charge < -0.3 is 10.1 Å². The van der Waals surface area contributed by atoms with E-state index in [4.69, 9.17) is 4.74 Å². The van der Waals surface area contributed by atoms with Crippen molar-refractivity contribution in [2.24, 2.45) is 0 Å². The van der Waals surface area contributed by atoms with Crippen LogP contribution in [0.1, 0.15) is 17.4 Å². The first-order valence-corrected chi connectivity index (χ1v) is 7.97. The van der Waals surface area contributed by atoms with Gasteiger partial charge in [0.15, 0.2) is 11.8 Å². The molecule has 0 fully saturated rings. The van der Waals surface area contributed by atoms with Crippen LogP contribution in [0.3, 0.4) is 0 Å². The number of carbonyl (C=O) groups is 2. The molecule has 2 aromatic carbocycles. The average molecular weight is 326 g/mol. The highest BCUT2D eigenvalue weighted by atomic mass is 32.1. The first-order chi connectivity index (χ1) is 11.1. The van der Waals surface area contributed by atoms with Crippen LogP contribution in [0.2, 0.25) is 0 Å². The highest BCUT2D eigenvalue weighted by Gasteiger charge is 2.20. The van der Waals surface area contributed by atoms with Gasteiger partial charge in [-0.1, -0.05) is 36.4 Å². The Kier molecular flexibility index (Phi) is 4.34. The summed E-state index contributed by atoms with van der Waals surface area (Å²) in [4.78, 5) is 27.9. The lowest BCUT2D eigenvalue weighted by Crippen LogP contribution is -2.30. The third-order valence-corrected chi connectivity index (χ3v) is 3.93. The summed E-state index contributed by atoms with van der Waals surface area (Å²) in [6.45, 7) is 1.53. The van der Waals surface area contributed by atoms with Crippen molar-refractivity contribution in [3.05, 3.63) is 59.0 Å². The number of esters is 1. The van der Waals surface area contributed by atoms with Crippen molar-refractivity contribution in [3.63, 3.8) is 0 Å². The van der Waals surface area contributed by atoms with Gasteiger partial charge in [-0.05, 0) is 18.4 Å². The summed E-state index contributed by atoms with van der Waals surface area (Å²) in [5.74, 6) is -0.989. The Morgan fingerprint density at radius 3 is 2.74 bits per heavy atom. The van der Waals surface area contributed by atoms with Crippen molar-refractivity contribution < 1.29 is 14.3 Å². The van der Waals surface area contributed by atoms with E-state index < -0.39 is 12.1 Å². The number of anilines is 1. The molecule has 0 spiro atoms. The number of ether oxygens (including phenoxy) is 1. The van der Waals surface area contributed by atoms with Crippen molar-refractivity contribution in [3.8, 4) is 0 Å². The number of rotatable bonds is 4. The van der Waals surface area contributed by atoms with Gasteiger partial charge >= 0.3 is 5.97 Å². The van der Waals surface area contributed by atoms with Gasteiger partial charge in [-0.3, -0.25) is 4.79 Å². The van der Waals surface area contributed by atoms with Gasteiger partial charge in [0.2, 0.25) is 0 Å². The van der Waals surface area contributed by atoms with E-state index in [0.717, 1.165) is 10.8 Å². The van der Waals surface area contributed by atoms with E-state index in [1.54, 1.807) is 5.38 Å². The smallest absolute Gasteiger partial charge is 0.358 e. The maximum absolute atomic E-state index is 12.3. The molecule has 1 unspecified atom stereocenters. The van der Waals surface area contributed by atoms with Gasteiger partial charge in [-0.15, -0.1) is 11.3 Å². The molecule has 0 aliphatic carbocycles. The van der Waals surface area contributed by atoms with Crippen LogP contribution < -0.4 is 5.32 Å². The van der Waals surface area contributed by atoms with Crippen LogP contribution >= 0.6 is 11.3 Å². The molecule has 0 radical (unpaired) electrons. The molecule has 1 amide bonds. The fourth-order valence-electron chi connectivity index (χ4n) is 2.16. The monoisotopic (exact) mass is 326 g/mol. The second kappa shape index (κ2) is 6.58. The van der Waals surface area contributed by atoms with Crippen molar-refractivity contribution in [1.29, 1.82) is 0 Å². The first kappa shape index (κ1) is 15.2. The van der Waals surface area contributed by atoms with Crippen molar-refractivity contribution in [1.82, 2.24) is 4.98 Å². The first-order valence-electron chi connectivity index (χ1n) is 7.03. The number of carbonyl (C=O) groups excluding carboxylic acids is 2. The molecule has 23 heavy (non-hydrogen) atoms. The van der Waals surface area contributed by atoms with E-state index in [9.17, 15) is 9.59 Å². The van der Waals surface area contributed by atoms with E-state index in [2.05, 4.69) is 10.3 Å². The van der Waals surface area contributed by atoms with Crippen LogP contribution in [-0.4, -0.2) is 23.0 Å². The molecule has 3 aromatic rings. The molecule has 5 nitrogen and oxygen atoms in total. The normalized spacial score (nSPS) is 11.9. The summed E-state index contributed by atoms with van der Waals surface area (Å²) in [7, 11) is 0. The second-order valence-electron chi connectivity index (χ2n) is 4.94. The third kappa shape index (κ3) is 3.37. The van der Waals surface area contributed by atoms with Crippen LogP contribution in [0, 0.1) is 0 Å². The molecule has 0 saturated carbocycles. The standard InChI is InChI=1S/C17H14N2O3S/c1-11(22-17(21)15-9-23-10-18-15)16(20)19-14-8-4-6-12-5-2-3-7-13(12)14/h2-11H,1H3,(H,19,20). The summed E-state index contributed by atoms with van der Waals surface area (Å²) < 4.78 is 5.13. The van der Waals surface area contributed by atoms with Gasteiger partial charge in [0.05, 0.1) is 5.51 Å². The Labute approximate surface area is 136 Å². The Hall–Kier alpha value is -2.73. The summed E-state index contributed by atoms with van der Waals surface area (Å²) >= 11 is 1.29. The Morgan fingerprint density at radius 2 is 1.96 bits per heavy atom. The maximum atomic E-state index is 12.3. The molecule has 3 rings (SSSR count). The summed E-state index contributed by atoms with van der Waals surface area (Å²) in [5, 5.41) is 6.34. The number of hydrogen-bond acceptors (Lipinski definition) is 5. The van der Waals surface area contributed by atoms with E-state index in [0.29, 0.717) is 5.69 Å². The number of aromatic nitrogens is 1. The van der Waals surface area contributed by atoms with Gasteiger partial charge in [-0.25, -0.2) is 9.78 Å². The lowest BCUT2D eigenvalue weighted by Gasteiger charge is -2.14. The zero-order valence-electron chi connectivity index (χ0n) is 12.4. The Morgan fingerprint density at radius 1 is 1.17 bits per heavy atom. The molecule has 6 heteroatoms. The van der Waals surface area contributed by atoms with Crippen LogP contribution in [0.15, 0.2) is 53.4 Å². The van der Waals surface area contributed by atoms with Gasteiger partial charge in [0, 0.05) is 16.5 Å². The number of benzene rings is 2. The quantitative estimate of drug-likeness (QED) is 0.745. The molecule has 0 bridgehead atoms. The molecule has 0 aliphatic rings. The number of hydrogen-bond donors (Lipinski definition) is 1. The highest BCUT2D eigenvalue weighted by molar-refractivity contribution is 7.07. The van der Waals surface area contributed by atoms with Crippen LogP contribution in [0.4, 0.5) is 5.69 Å². The van der Waals surface area contributed by atoms with E-state index in [1.165, 1.54) is 23.8 Å². The summed E-state index contributed by atoms with van der Waals surface area (Å²) in [6.07, 6.45) is -0.914. The minimum Gasteiger partial charge on any atom is -0.448 e. The average Bonchev–Trinajstić information content (AvgIpc) is 3.09. The Bertz CT molecular complexity index is 841. The predicted octanol–water partition coefficient (Wildman–Crippen LogP) is 3.48. The molecule has 1 N–H and O–H groups in total. The van der Waals surface area contributed by atoms with E-state index in [-0.39, 0.29) is 11.6 Å². The zero-order valence-corrected chi connectivity index (χ0v) is 13.2. The lowest BCUT2D eigenvalue weighted by atomic mass is 10.1. The summed E-state index contributed by atoms with van der Waals surface area (Å²) in [6, 6.07) is 13.4. The lowest BCUT2D eigenvalue weighted by molar-refractivity contribution is -0.123. The number of amides is 1. The molecule has 1 aromatic heterocycles. The molecule has 0 saturated heterocycles. The van der Waals surface area contributed by atoms with Gasteiger partial charge in [-0.2, -0.15) is 0 Å². The highest BCUT2D eigenvalue weighted by Crippen LogP contribution is 2.23. The van der Waals surface area contributed by atoms with Gasteiger partial charge in [0.25, 0.3) is 5.91 Å². The van der Waals surface area contributed by atoms with E-state index in [1.807, 2.05) is 42.5 Å². The minimum absolute atomic E-state index is 0.208. The molecule has 1 atom stereocenters. The molecule has 1 heterocycles. The second-order valence-corrected chi connectivity index (χ2v) is 5.66. The van der Waals surface area contributed by atoms with Crippen molar-refractivity contribution >= 4 is 39.7 Å². The van der Waals surface area contributed by atoms with Gasteiger partial charge in [0.1, 0.15) is 0 Å². The van der Waals surface area contributed by atoms with Crippen LogP contribution in [0.25, 0.3) is 10.8 Å². The zero-order chi connectivity index (χ0) is 16.2. The van der Waals surface area contributed by atoms with Crippen molar-refractivity contribution in [2.75, 3.05) is 5.32 Å². The van der Waals surface area contributed by atoms with Crippen molar-refractivity contribution in [2.45, 2.75) is 13.0 Å². The molecular formula is C17H14N2O3S. The number of fused-ring (bicyclic) bond motifs is 1. The topological polar surface area (TPSA) is 68.3 Å². The third-order valence-electron chi connectivity index (χ3n) is 3.34. The Balaban J connectivity index is 1.72. The largest absolute Gasteiger partial charge is 0.448 e. The number of nitrogens with one attached hydrogen (secondary N) is 1. The van der Waals surface area contributed by atoms with Crippen LogP contribution in [0.5, 0.6) is 0 Å². The molecule has 116 valence electrons. The molecule has 0 aliphatic heterocycles. The fourth-order valence-corrected chi connectivity index (χ4v) is 2.68. The number of thiazole rings is 1. The molecular weight excluding hydrogens is 312 g/mol. The number of nitrogens with zero attached hydrogens (tertiary/aromatic N) is 1. The summed E-state index contributed by atoms with van der Waals surface area (Å²) in [5.41, 5.74) is 2.43. The van der Waals surface area contributed by atoms with Crippen LogP contribution in [-0.2, 0) is 9.53 Å². The SMILES string of the molecule is CC(OC(=O)c1cscn1)C(=O)Nc1cccc2ccccc12. The minimum atomic E-state index is -0.914.